The van der Waals surface area contributed by atoms with Crippen LogP contribution in [0.3, 0.4) is 0 Å². The van der Waals surface area contributed by atoms with E-state index in [0.717, 1.165) is 5.39 Å². The van der Waals surface area contributed by atoms with Gasteiger partial charge in [-0.1, -0.05) is 56.3 Å². The van der Waals surface area contributed by atoms with E-state index in [1.54, 1.807) is 18.2 Å². The van der Waals surface area contributed by atoms with Crippen LogP contribution in [0.1, 0.15) is 30.0 Å². The molecule has 0 saturated carbocycles. The smallest absolute Gasteiger partial charge is 0.255 e. The number of para-hydroxylation sites is 3. The molecule has 0 aliphatic heterocycles. The Labute approximate surface area is 203 Å². The molecule has 0 aliphatic rings. The first kappa shape index (κ1) is 23.7. The third-order valence-electron chi connectivity index (χ3n) is 5.42. The van der Waals surface area contributed by atoms with Gasteiger partial charge in [-0.15, -0.1) is 0 Å². The number of hydrogen-bond donors (Lipinski definition) is 3. The topological polar surface area (TPSA) is 119 Å². The minimum Gasteiger partial charge on any atom is -0.457 e. The summed E-state index contributed by atoms with van der Waals surface area (Å²) in [7, 11) is 0. The first-order valence-corrected chi connectivity index (χ1v) is 11.3. The van der Waals surface area contributed by atoms with Crippen LogP contribution in [-0.4, -0.2) is 27.8 Å². The lowest BCUT2D eigenvalue weighted by Crippen LogP contribution is -2.40. The second-order valence-electron chi connectivity index (χ2n) is 8.37. The van der Waals surface area contributed by atoms with E-state index in [-0.39, 0.29) is 18.4 Å². The highest BCUT2D eigenvalue weighted by Gasteiger charge is 2.21. The zero-order chi connectivity index (χ0) is 24.8. The van der Waals surface area contributed by atoms with Gasteiger partial charge in [0.15, 0.2) is 5.82 Å². The maximum absolute atomic E-state index is 13.0. The number of primary amides is 1. The highest BCUT2D eigenvalue weighted by atomic mass is 16.5. The molecule has 4 rings (SSSR count). The molecule has 4 N–H and O–H groups in total. The van der Waals surface area contributed by atoms with Crippen LogP contribution >= 0.6 is 0 Å². The maximum atomic E-state index is 13.0. The summed E-state index contributed by atoms with van der Waals surface area (Å²) in [6.45, 7) is 3.89. The van der Waals surface area contributed by atoms with Crippen molar-refractivity contribution in [2.45, 2.75) is 26.4 Å². The van der Waals surface area contributed by atoms with Gasteiger partial charge in [0.2, 0.25) is 5.91 Å². The van der Waals surface area contributed by atoms with Crippen molar-refractivity contribution < 1.29 is 14.3 Å². The molecular formula is C27H27N5O3. The van der Waals surface area contributed by atoms with E-state index in [1.165, 1.54) is 0 Å². The molecule has 0 unspecified atom stereocenters. The van der Waals surface area contributed by atoms with E-state index in [4.69, 9.17) is 10.5 Å². The molecule has 1 heterocycles. The molecular weight excluding hydrogens is 442 g/mol. The fourth-order valence-electron chi connectivity index (χ4n) is 3.64. The molecule has 1 aromatic heterocycles. The Balaban J connectivity index is 1.56. The molecule has 8 heteroatoms. The predicted molar refractivity (Wildman–Crippen MR) is 135 cm³/mol. The number of nitrogens with one attached hydrogen (secondary N) is 2. The van der Waals surface area contributed by atoms with Crippen LogP contribution in [0.2, 0.25) is 0 Å². The molecule has 0 radical (unpaired) electrons. The molecule has 0 fully saturated rings. The van der Waals surface area contributed by atoms with E-state index in [9.17, 15) is 9.59 Å². The molecule has 178 valence electrons. The number of carbonyl (C=O) groups excluding carboxylic acids is 2. The summed E-state index contributed by atoms with van der Waals surface area (Å²) in [6, 6.07) is 23.2. The van der Waals surface area contributed by atoms with Crippen LogP contribution in [0, 0.1) is 5.92 Å². The highest BCUT2D eigenvalue weighted by molar-refractivity contribution is 5.97. The predicted octanol–water partition coefficient (Wildman–Crippen LogP) is 4.27. The van der Waals surface area contributed by atoms with Gasteiger partial charge in [0.25, 0.3) is 5.91 Å². The number of nitrogens with zero attached hydrogens (tertiary/aromatic N) is 2. The van der Waals surface area contributed by atoms with E-state index >= 15 is 0 Å². The summed E-state index contributed by atoms with van der Waals surface area (Å²) in [6.07, 6.45) is 0. The first-order chi connectivity index (χ1) is 16.9. The number of carbonyl (C=O) groups is 2. The summed E-state index contributed by atoms with van der Waals surface area (Å²) in [5, 5.41) is 6.79. The van der Waals surface area contributed by atoms with E-state index in [1.807, 2.05) is 74.5 Å². The first-order valence-electron chi connectivity index (χ1n) is 11.3. The van der Waals surface area contributed by atoms with Gasteiger partial charge in [0.1, 0.15) is 23.4 Å². The van der Waals surface area contributed by atoms with Crippen LogP contribution < -0.4 is 21.1 Å². The van der Waals surface area contributed by atoms with E-state index in [2.05, 4.69) is 20.6 Å². The van der Waals surface area contributed by atoms with Crippen molar-refractivity contribution in [3.8, 4) is 11.5 Å². The second-order valence-corrected chi connectivity index (χ2v) is 8.37. The van der Waals surface area contributed by atoms with Crippen molar-refractivity contribution in [3.05, 3.63) is 90.3 Å². The van der Waals surface area contributed by atoms with E-state index in [0.29, 0.717) is 34.2 Å². The standard InChI is InChI=1S/C27H27N5O3/c1-17(2)24(25(28)33)32-26-19-12-6-8-14-21(19)30-23(31-26)16-29-27(34)20-13-7-9-15-22(20)35-18-10-4-3-5-11-18/h3-15,17,24H,16H2,1-2H3,(H2,28,33)(H,29,34)(H,30,31,32)/t24-/m0/s1. The van der Waals surface area contributed by atoms with Gasteiger partial charge in [-0.3, -0.25) is 9.59 Å². The minimum absolute atomic E-state index is 0.0366. The number of aromatic nitrogens is 2. The Morgan fingerprint density at radius 1 is 0.914 bits per heavy atom. The summed E-state index contributed by atoms with van der Waals surface area (Å²) >= 11 is 0. The highest BCUT2D eigenvalue weighted by Crippen LogP contribution is 2.25. The summed E-state index contributed by atoms with van der Waals surface area (Å²) in [4.78, 5) is 34.1. The number of ether oxygens (including phenoxy) is 1. The lowest BCUT2D eigenvalue weighted by Gasteiger charge is -2.21. The Kier molecular flexibility index (Phi) is 7.21. The Hall–Kier alpha value is -4.46. The third-order valence-corrected chi connectivity index (χ3v) is 5.42. The average Bonchev–Trinajstić information content (AvgIpc) is 2.86. The quantitative estimate of drug-likeness (QED) is 0.337. The number of rotatable bonds is 9. The summed E-state index contributed by atoms with van der Waals surface area (Å²) < 4.78 is 5.90. The summed E-state index contributed by atoms with van der Waals surface area (Å²) in [5.41, 5.74) is 6.67. The monoisotopic (exact) mass is 469 g/mol. The van der Waals surface area contributed by atoms with Crippen molar-refractivity contribution in [2.24, 2.45) is 11.7 Å². The van der Waals surface area contributed by atoms with Gasteiger partial charge >= 0.3 is 0 Å². The molecule has 4 aromatic rings. The van der Waals surface area contributed by atoms with Gasteiger partial charge in [0.05, 0.1) is 17.6 Å². The fourth-order valence-corrected chi connectivity index (χ4v) is 3.64. The molecule has 1 atom stereocenters. The zero-order valence-electron chi connectivity index (χ0n) is 19.6. The van der Waals surface area contributed by atoms with Gasteiger partial charge < -0.3 is 21.1 Å². The fraction of sp³-hybridized carbons (Fsp3) is 0.185. The normalized spacial score (nSPS) is 11.7. The molecule has 8 nitrogen and oxygen atoms in total. The number of amides is 2. The van der Waals surface area contributed by atoms with Gasteiger partial charge in [-0.25, -0.2) is 9.97 Å². The van der Waals surface area contributed by atoms with Gasteiger partial charge in [0, 0.05) is 5.39 Å². The Morgan fingerprint density at radius 3 is 2.34 bits per heavy atom. The van der Waals surface area contributed by atoms with Crippen molar-refractivity contribution >= 4 is 28.5 Å². The summed E-state index contributed by atoms with van der Waals surface area (Å²) in [5.74, 6) is 1.14. The number of fused-ring (bicyclic) bond motifs is 1. The Bertz CT molecular complexity index is 1340. The number of hydrogen-bond acceptors (Lipinski definition) is 6. The Morgan fingerprint density at radius 2 is 1.60 bits per heavy atom. The van der Waals surface area contributed by atoms with Gasteiger partial charge in [-0.2, -0.15) is 0 Å². The molecule has 3 aromatic carbocycles. The maximum Gasteiger partial charge on any atom is 0.255 e. The molecule has 2 amide bonds. The third kappa shape index (κ3) is 5.73. The van der Waals surface area contributed by atoms with Gasteiger partial charge in [-0.05, 0) is 42.3 Å². The number of nitrogens with two attached hydrogens (primary N) is 1. The zero-order valence-corrected chi connectivity index (χ0v) is 19.6. The number of benzene rings is 3. The van der Waals surface area contributed by atoms with Crippen LogP contribution in [0.15, 0.2) is 78.9 Å². The lowest BCUT2D eigenvalue weighted by molar-refractivity contribution is -0.119. The van der Waals surface area contributed by atoms with Crippen molar-refractivity contribution in [2.75, 3.05) is 5.32 Å². The van der Waals surface area contributed by atoms with Crippen molar-refractivity contribution in [1.29, 1.82) is 0 Å². The number of anilines is 1. The lowest BCUT2D eigenvalue weighted by atomic mass is 10.0. The second kappa shape index (κ2) is 10.6. The van der Waals surface area contributed by atoms with E-state index < -0.39 is 11.9 Å². The van der Waals surface area contributed by atoms with Crippen molar-refractivity contribution in [1.82, 2.24) is 15.3 Å². The molecule has 0 bridgehead atoms. The molecule has 0 saturated heterocycles. The largest absolute Gasteiger partial charge is 0.457 e. The van der Waals surface area contributed by atoms with Crippen LogP contribution in [0.25, 0.3) is 10.9 Å². The molecule has 0 aliphatic carbocycles. The molecule has 0 spiro atoms. The van der Waals surface area contributed by atoms with Crippen LogP contribution in [-0.2, 0) is 11.3 Å². The average molecular weight is 470 g/mol. The van der Waals surface area contributed by atoms with Crippen molar-refractivity contribution in [3.63, 3.8) is 0 Å². The van der Waals surface area contributed by atoms with Crippen LogP contribution in [0.5, 0.6) is 11.5 Å². The SMILES string of the molecule is CC(C)[C@H](Nc1nc(CNC(=O)c2ccccc2Oc2ccccc2)nc2ccccc12)C(N)=O. The minimum atomic E-state index is -0.599. The van der Waals surface area contributed by atoms with Crippen LogP contribution in [0.4, 0.5) is 5.82 Å². The molecule has 35 heavy (non-hydrogen) atoms.